The lowest BCUT2D eigenvalue weighted by molar-refractivity contribution is -0.115. The van der Waals surface area contributed by atoms with Crippen LogP contribution in [0.5, 0.6) is 5.88 Å². The van der Waals surface area contributed by atoms with Gasteiger partial charge < -0.3 is 9.64 Å². The molecule has 0 aliphatic carbocycles. The van der Waals surface area contributed by atoms with Gasteiger partial charge in [-0.1, -0.05) is 11.3 Å². The van der Waals surface area contributed by atoms with Crippen LogP contribution >= 0.6 is 11.3 Å². The van der Waals surface area contributed by atoms with Gasteiger partial charge in [-0.15, -0.1) is 0 Å². The molecule has 3 aromatic rings. The minimum atomic E-state index is -0.340. The summed E-state index contributed by atoms with van der Waals surface area (Å²) in [5.74, 6) is 0.397. The van der Waals surface area contributed by atoms with Crippen molar-refractivity contribution >= 4 is 38.5 Å². The molecule has 0 unspecified atom stereocenters. The number of urea groups is 1. The number of rotatable bonds is 3. The molecule has 0 fully saturated rings. The summed E-state index contributed by atoms with van der Waals surface area (Å²) in [7, 11) is 3.37. The van der Waals surface area contributed by atoms with Gasteiger partial charge in [-0.05, 0) is 6.08 Å². The fourth-order valence-electron chi connectivity index (χ4n) is 2.75. The van der Waals surface area contributed by atoms with Gasteiger partial charge in [-0.2, -0.15) is 5.10 Å². The van der Waals surface area contributed by atoms with Crippen LogP contribution in [0.4, 0.5) is 9.93 Å². The summed E-state index contributed by atoms with van der Waals surface area (Å²) in [6, 6.07) is -0.340. The Morgan fingerprint density at radius 3 is 2.89 bits per heavy atom. The lowest BCUT2D eigenvalue weighted by atomic mass is 10.1. The molecule has 0 radical (unpaired) electrons. The van der Waals surface area contributed by atoms with Gasteiger partial charge in [0.2, 0.25) is 5.88 Å². The summed E-state index contributed by atoms with van der Waals surface area (Å²) in [4.78, 5) is 33.9. The largest absolute Gasteiger partial charge is 0.479 e. The summed E-state index contributed by atoms with van der Waals surface area (Å²) in [5.41, 5.74) is 2.33. The van der Waals surface area contributed by atoms with Crippen molar-refractivity contribution in [2.45, 2.75) is 6.42 Å². The van der Waals surface area contributed by atoms with Gasteiger partial charge >= 0.3 is 6.03 Å². The quantitative estimate of drug-likeness (QED) is 0.744. The third kappa shape index (κ3) is 3.26. The lowest BCUT2D eigenvalue weighted by Crippen LogP contribution is -2.34. The van der Waals surface area contributed by atoms with Crippen LogP contribution in [0.2, 0.25) is 0 Å². The van der Waals surface area contributed by atoms with Crippen molar-refractivity contribution in [2.75, 3.05) is 19.0 Å². The molecule has 10 heteroatoms. The predicted octanol–water partition coefficient (Wildman–Crippen LogP) is 2.42. The van der Waals surface area contributed by atoms with E-state index in [1.54, 1.807) is 17.1 Å². The van der Waals surface area contributed by atoms with E-state index in [4.69, 9.17) is 4.74 Å². The summed E-state index contributed by atoms with van der Waals surface area (Å²) < 4.78 is 7.86. The first-order chi connectivity index (χ1) is 13.0. The molecule has 1 N–H and O–H groups in total. The van der Waals surface area contributed by atoms with Gasteiger partial charge in [0.1, 0.15) is 5.52 Å². The van der Waals surface area contributed by atoms with Crippen LogP contribution in [0, 0.1) is 0 Å². The molecule has 0 atom stereocenters. The average Bonchev–Trinajstić information content (AvgIpc) is 3.27. The van der Waals surface area contributed by atoms with E-state index in [0.717, 1.165) is 15.8 Å². The van der Waals surface area contributed by atoms with Gasteiger partial charge in [-0.3, -0.25) is 14.8 Å². The number of aromatic nitrogens is 4. The van der Waals surface area contributed by atoms with E-state index in [9.17, 15) is 9.59 Å². The first kappa shape index (κ1) is 17.2. The average molecular weight is 384 g/mol. The van der Waals surface area contributed by atoms with E-state index >= 15 is 0 Å². The van der Waals surface area contributed by atoms with Gasteiger partial charge in [0, 0.05) is 49.7 Å². The van der Waals surface area contributed by atoms with Crippen LogP contribution in [0.15, 0.2) is 30.9 Å². The van der Waals surface area contributed by atoms with Crippen LogP contribution < -0.4 is 10.1 Å². The predicted molar refractivity (Wildman–Crippen MR) is 101 cm³/mol. The number of methoxy groups -OCH3 is 1. The van der Waals surface area contributed by atoms with Crippen LogP contribution in [0.1, 0.15) is 6.42 Å². The molecular formula is C17H16N6O3S. The highest BCUT2D eigenvalue weighted by atomic mass is 32.1. The summed E-state index contributed by atoms with van der Waals surface area (Å²) in [6.45, 7) is 0.345. The number of ether oxygens (including phenoxy) is 1. The first-order valence-electron chi connectivity index (χ1n) is 8.16. The number of carbonyl (C=O) groups is 2. The molecule has 138 valence electrons. The molecule has 1 aliphatic rings. The topological polar surface area (TPSA) is 102 Å². The molecule has 0 bridgehead atoms. The number of carbonyl (C=O) groups excluding carboxylic acids is 2. The van der Waals surface area contributed by atoms with E-state index in [1.165, 1.54) is 35.6 Å². The van der Waals surface area contributed by atoms with E-state index in [-0.39, 0.29) is 11.8 Å². The van der Waals surface area contributed by atoms with Crippen molar-refractivity contribution in [1.82, 2.24) is 24.6 Å². The Morgan fingerprint density at radius 2 is 2.22 bits per heavy atom. The zero-order chi connectivity index (χ0) is 19.0. The van der Waals surface area contributed by atoms with Crippen molar-refractivity contribution in [3.05, 3.63) is 30.9 Å². The second kappa shape index (κ2) is 6.80. The molecule has 4 heterocycles. The molecule has 2 amide bonds. The Bertz CT molecular complexity index is 1070. The molecule has 1 aliphatic heterocycles. The fourth-order valence-corrected chi connectivity index (χ4v) is 3.73. The number of hydrogen-bond donors (Lipinski definition) is 1. The highest BCUT2D eigenvalue weighted by molar-refractivity contribution is 7.23. The number of nitrogens with one attached hydrogen (secondary N) is 1. The number of allylic oxidation sites excluding steroid dienone is 1. The molecule has 3 aromatic heterocycles. The van der Waals surface area contributed by atoms with Crippen molar-refractivity contribution in [3.63, 3.8) is 0 Å². The zero-order valence-electron chi connectivity index (χ0n) is 14.7. The number of aryl methyl sites for hydroxylation is 1. The molecule has 0 saturated carbocycles. The van der Waals surface area contributed by atoms with Crippen LogP contribution in [-0.2, 0) is 11.8 Å². The minimum Gasteiger partial charge on any atom is -0.479 e. The Hall–Kier alpha value is -3.27. The molecule has 0 saturated heterocycles. The SMILES string of the molecule is COc1ncc(-c2cnn(C)c2)c2sc(NC(=O)N3C=CC(=O)CC3)nc12. The molecule has 9 nitrogen and oxygen atoms in total. The fraction of sp³-hybridized carbons (Fsp3) is 0.235. The van der Waals surface area contributed by atoms with Crippen molar-refractivity contribution in [2.24, 2.45) is 7.05 Å². The third-order valence-corrected chi connectivity index (χ3v) is 5.11. The summed E-state index contributed by atoms with van der Waals surface area (Å²) in [6.07, 6.45) is 8.53. The van der Waals surface area contributed by atoms with Crippen molar-refractivity contribution < 1.29 is 14.3 Å². The number of fused-ring (bicyclic) bond motifs is 1. The third-order valence-electron chi connectivity index (χ3n) is 4.11. The first-order valence-corrected chi connectivity index (χ1v) is 8.98. The van der Waals surface area contributed by atoms with E-state index in [1.807, 2.05) is 13.2 Å². The number of ketones is 1. The minimum absolute atomic E-state index is 0.0101. The second-order valence-electron chi connectivity index (χ2n) is 5.94. The molecule has 0 aromatic carbocycles. The van der Waals surface area contributed by atoms with Gasteiger partial charge in [-0.25, -0.2) is 14.8 Å². The second-order valence-corrected chi connectivity index (χ2v) is 6.94. The maximum absolute atomic E-state index is 12.4. The Labute approximate surface area is 158 Å². The Balaban J connectivity index is 1.69. The normalized spacial score (nSPS) is 14.0. The monoisotopic (exact) mass is 384 g/mol. The number of pyridine rings is 1. The van der Waals surface area contributed by atoms with E-state index < -0.39 is 0 Å². The Kier molecular flexibility index (Phi) is 4.32. The van der Waals surface area contributed by atoms with Crippen LogP contribution in [-0.4, -0.2) is 50.1 Å². The van der Waals surface area contributed by atoms with Gasteiger partial charge in [0.25, 0.3) is 0 Å². The Morgan fingerprint density at radius 1 is 1.37 bits per heavy atom. The van der Waals surface area contributed by atoms with Gasteiger partial charge in [0.15, 0.2) is 10.9 Å². The molecule has 27 heavy (non-hydrogen) atoms. The number of amides is 2. The van der Waals surface area contributed by atoms with E-state index in [0.29, 0.717) is 29.5 Å². The standard InChI is InChI=1S/C17H16N6O3S/c1-22-9-10(7-19-22)12-8-18-15(26-2)13-14(12)27-16(20-13)21-17(25)23-5-3-11(24)4-6-23/h3,5,7-9H,4,6H2,1-2H3,(H,20,21,25). The lowest BCUT2D eigenvalue weighted by Gasteiger charge is -2.20. The molecular weight excluding hydrogens is 368 g/mol. The van der Waals surface area contributed by atoms with Gasteiger partial charge in [0.05, 0.1) is 18.0 Å². The summed E-state index contributed by atoms with van der Waals surface area (Å²) >= 11 is 1.33. The number of nitrogens with zero attached hydrogens (tertiary/aromatic N) is 5. The number of hydrogen-bond acceptors (Lipinski definition) is 7. The van der Waals surface area contributed by atoms with Crippen LogP contribution in [0.3, 0.4) is 0 Å². The number of thiazole rings is 1. The summed E-state index contributed by atoms with van der Waals surface area (Å²) in [5, 5.41) is 7.40. The smallest absolute Gasteiger partial charge is 0.327 e. The zero-order valence-corrected chi connectivity index (χ0v) is 15.5. The maximum Gasteiger partial charge on any atom is 0.327 e. The molecule has 0 spiro atoms. The maximum atomic E-state index is 12.4. The van der Waals surface area contributed by atoms with Crippen LogP contribution in [0.25, 0.3) is 21.3 Å². The van der Waals surface area contributed by atoms with E-state index in [2.05, 4.69) is 20.4 Å². The highest BCUT2D eigenvalue weighted by Gasteiger charge is 2.20. The van der Waals surface area contributed by atoms with Crippen molar-refractivity contribution in [3.8, 4) is 17.0 Å². The van der Waals surface area contributed by atoms with Crippen molar-refractivity contribution in [1.29, 1.82) is 0 Å². The highest BCUT2D eigenvalue weighted by Crippen LogP contribution is 2.38. The molecule has 4 rings (SSSR count). The number of anilines is 1.